The van der Waals surface area contributed by atoms with Crippen LogP contribution in [0.2, 0.25) is 0 Å². The molecule has 0 aliphatic heterocycles. The first-order valence-electron chi connectivity index (χ1n) is 6.88. The minimum absolute atomic E-state index is 0.0635. The summed E-state index contributed by atoms with van der Waals surface area (Å²) in [5.74, 6) is -0.898. The zero-order valence-corrected chi connectivity index (χ0v) is 13.0. The Hall–Kier alpha value is -1.26. The number of carboxylic acids is 1. The largest absolute Gasteiger partial charge is 0.481 e. The zero-order valence-electron chi connectivity index (χ0n) is 13.0. The van der Waals surface area contributed by atoms with E-state index in [2.05, 4.69) is 5.32 Å². The van der Waals surface area contributed by atoms with Gasteiger partial charge in [0.25, 0.3) is 0 Å². The average Bonchev–Trinajstić information content (AvgIpc) is 2.27. The molecule has 0 aromatic heterocycles. The normalized spacial score (nSPS) is 13.2. The fraction of sp³-hybridized carbons (Fsp3) is 0.857. The number of carboxylic acid groups (broad SMARTS) is 1. The van der Waals surface area contributed by atoms with Crippen LogP contribution in [0.4, 0.5) is 4.79 Å². The van der Waals surface area contributed by atoms with Gasteiger partial charge in [-0.25, -0.2) is 4.79 Å². The van der Waals surface area contributed by atoms with Crippen molar-refractivity contribution in [2.45, 2.75) is 66.0 Å². The van der Waals surface area contributed by atoms with E-state index >= 15 is 0 Å². The SMILES string of the molecule is CCC(CC)N(C)C(=O)NC(CC(=O)O)C(C)(C)C. The number of hydrogen-bond acceptors (Lipinski definition) is 2. The summed E-state index contributed by atoms with van der Waals surface area (Å²) in [6, 6.07) is -0.394. The molecule has 0 aromatic rings. The van der Waals surface area contributed by atoms with Crippen molar-refractivity contribution in [3.63, 3.8) is 0 Å². The van der Waals surface area contributed by atoms with Crippen LogP contribution < -0.4 is 5.32 Å². The van der Waals surface area contributed by atoms with Gasteiger partial charge in [-0.1, -0.05) is 34.6 Å². The molecule has 5 heteroatoms. The van der Waals surface area contributed by atoms with E-state index in [1.165, 1.54) is 0 Å². The Bertz CT molecular complexity index is 306. The fourth-order valence-corrected chi connectivity index (χ4v) is 2.00. The summed E-state index contributed by atoms with van der Waals surface area (Å²) in [6.07, 6.45) is 1.71. The quantitative estimate of drug-likeness (QED) is 0.781. The van der Waals surface area contributed by atoms with Crippen LogP contribution in [0, 0.1) is 5.41 Å². The molecule has 0 aliphatic carbocycles. The number of rotatable bonds is 6. The molecular weight excluding hydrogens is 244 g/mol. The molecule has 5 nitrogen and oxygen atoms in total. The summed E-state index contributed by atoms with van der Waals surface area (Å²) in [5, 5.41) is 11.8. The summed E-state index contributed by atoms with van der Waals surface area (Å²) in [7, 11) is 1.76. The molecule has 0 radical (unpaired) electrons. The van der Waals surface area contributed by atoms with Crippen LogP contribution in [-0.4, -0.2) is 41.1 Å². The van der Waals surface area contributed by atoms with Crippen LogP contribution in [0.5, 0.6) is 0 Å². The Morgan fingerprint density at radius 1 is 1.21 bits per heavy atom. The Morgan fingerprint density at radius 3 is 2.00 bits per heavy atom. The summed E-state index contributed by atoms with van der Waals surface area (Å²) < 4.78 is 0. The highest BCUT2D eigenvalue weighted by Crippen LogP contribution is 2.22. The van der Waals surface area contributed by atoms with Crippen LogP contribution in [0.15, 0.2) is 0 Å². The van der Waals surface area contributed by atoms with Crippen molar-refractivity contribution >= 4 is 12.0 Å². The molecule has 1 atom stereocenters. The van der Waals surface area contributed by atoms with Gasteiger partial charge in [0.2, 0.25) is 0 Å². The number of carbonyl (C=O) groups is 2. The summed E-state index contributed by atoms with van der Waals surface area (Å²) in [6.45, 7) is 9.86. The minimum atomic E-state index is -0.898. The third-order valence-corrected chi connectivity index (χ3v) is 3.53. The highest BCUT2D eigenvalue weighted by Gasteiger charge is 2.30. The molecule has 0 saturated carbocycles. The van der Waals surface area contributed by atoms with Crippen molar-refractivity contribution in [2.75, 3.05) is 7.05 Å². The average molecular weight is 272 g/mol. The predicted molar refractivity (Wildman–Crippen MR) is 76.2 cm³/mol. The van der Waals surface area contributed by atoms with Gasteiger partial charge >= 0.3 is 12.0 Å². The zero-order chi connectivity index (χ0) is 15.2. The topological polar surface area (TPSA) is 69.6 Å². The van der Waals surface area contributed by atoms with E-state index in [1.807, 2.05) is 34.6 Å². The summed E-state index contributed by atoms with van der Waals surface area (Å²) in [4.78, 5) is 24.7. The number of nitrogens with zero attached hydrogens (tertiary/aromatic N) is 1. The molecule has 0 bridgehead atoms. The summed E-state index contributed by atoms with van der Waals surface area (Å²) in [5.41, 5.74) is -0.289. The maximum atomic E-state index is 12.2. The fourth-order valence-electron chi connectivity index (χ4n) is 2.00. The van der Waals surface area contributed by atoms with Gasteiger partial charge in [0, 0.05) is 19.1 Å². The van der Waals surface area contributed by atoms with Crippen molar-refractivity contribution in [1.29, 1.82) is 0 Å². The van der Waals surface area contributed by atoms with Gasteiger partial charge in [-0.15, -0.1) is 0 Å². The number of nitrogens with one attached hydrogen (secondary N) is 1. The van der Waals surface area contributed by atoms with Crippen molar-refractivity contribution in [3.8, 4) is 0 Å². The van der Waals surface area contributed by atoms with Crippen molar-refractivity contribution in [2.24, 2.45) is 5.41 Å². The Kier molecular flexibility index (Phi) is 6.87. The second kappa shape index (κ2) is 7.36. The van der Waals surface area contributed by atoms with E-state index in [0.29, 0.717) is 0 Å². The molecule has 0 heterocycles. The lowest BCUT2D eigenvalue weighted by atomic mass is 9.85. The molecule has 0 spiro atoms. The highest BCUT2D eigenvalue weighted by molar-refractivity contribution is 5.76. The van der Waals surface area contributed by atoms with Gasteiger partial charge in [-0.3, -0.25) is 4.79 Å². The molecule has 2 N–H and O–H groups in total. The highest BCUT2D eigenvalue weighted by atomic mass is 16.4. The smallest absolute Gasteiger partial charge is 0.317 e. The van der Waals surface area contributed by atoms with Crippen molar-refractivity contribution in [1.82, 2.24) is 10.2 Å². The van der Waals surface area contributed by atoms with Crippen molar-refractivity contribution in [3.05, 3.63) is 0 Å². The molecule has 0 fully saturated rings. The van der Waals surface area contributed by atoms with Gasteiger partial charge in [0.05, 0.1) is 6.42 Å². The number of aliphatic carboxylic acids is 1. The molecule has 0 saturated heterocycles. The van der Waals surface area contributed by atoms with E-state index < -0.39 is 5.97 Å². The number of carbonyl (C=O) groups excluding carboxylic acids is 1. The third-order valence-electron chi connectivity index (χ3n) is 3.53. The Labute approximate surface area is 116 Å². The molecule has 112 valence electrons. The molecule has 2 amide bonds. The van der Waals surface area contributed by atoms with Gasteiger partial charge in [0.1, 0.15) is 0 Å². The molecule has 0 rings (SSSR count). The van der Waals surface area contributed by atoms with Gasteiger partial charge in [-0.05, 0) is 18.3 Å². The maximum absolute atomic E-state index is 12.2. The molecule has 1 unspecified atom stereocenters. The standard InChI is InChI=1S/C14H28N2O3/c1-7-10(8-2)16(6)13(19)15-11(9-12(17)18)14(3,4)5/h10-11H,7-9H2,1-6H3,(H,15,19)(H,17,18). The molecule has 19 heavy (non-hydrogen) atoms. The molecular formula is C14H28N2O3. The number of amides is 2. The first kappa shape index (κ1) is 17.7. The van der Waals surface area contributed by atoms with Crippen LogP contribution in [0.25, 0.3) is 0 Å². The molecule has 0 aliphatic rings. The lowest BCUT2D eigenvalue weighted by Crippen LogP contribution is -2.51. The van der Waals surface area contributed by atoms with Crippen LogP contribution in [0.3, 0.4) is 0 Å². The van der Waals surface area contributed by atoms with Gasteiger partial charge in [-0.2, -0.15) is 0 Å². The monoisotopic (exact) mass is 272 g/mol. The van der Waals surface area contributed by atoms with E-state index in [9.17, 15) is 9.59 Å². The maximum Gasteiger partial charge on any atom is 0.317 e. The lowest BCUT2D eigenvalue weighted by molar-refractivity contribution is -0.138. The van der Waals surface area contributed by atoms with Gasteiger partial charge in [0.15, 0.2) is 0 Å². The van der Waals surface area contributed by atoms with E-state index in [1.54, 1.807) is 11.9 Å². The Balaban J connectivity index is 4.76. The minimum Gasteiger partial charge on any atom is -0.481 e. The third kappa shape index (κ3) is 5.94. The predicted octanol–water partition coefficient (Wildman–Crippen LogP) is 2.71. The number of urea groups is 1. The van der Waals surface area contributed by atoms with Gasteiger partial charge < -0.3 is 15.3 Å². The van der Waals surface area contributed by atoms with Crippen LogP contribution in [0.1, 0.15) is 53.9 Å². The van der Waals surface area contributed by atoms with Crippen LogP contribution in [-0.2, 0) is 4.79 Å². The number of hydrogen-bond donors (Lipinski definition) is 2. The Morgan fingerprint density at radius 2 is 1.68 bits per heavy atom. The van der Waals surface area contributed by atoms with Crippen LogP contribution >= 0.6 is 0 Å². The second-order valence-electron chi connectivity index (χ2n) is 6.05. The van der Waals surface area contributed by atoms with E-state index in [-0.39, 0.29) is 30.0 Å². The molecule has 0 aromatic carbocycles. The van der Waals surface area contributed by atoms with E-state index in [0.717, 1.165) is 12.8 Å². The van der Waals surface area contributed by atoms with E-state index in [4.69, 9.17) is 5.11 Å². The second-order valence-corrected chi connectivity index (χ2v) is 6.05. The first-order valence-corrected chi connectivity index (χ1v) is 6.88. The van der Waals surface area contributed by atoms with Crippen molar-refractivity contribution < 1.29 is 14.7 Å². The first-order chi connectivity index (χ1) is 8.63. The lowest BCUT2D eigenvalue weighted by Gasteiger charge is -2.34. The summed E-state index contributed by atoms with van der Waals surface area (Å²) >= 11 is 0.